The van der Waals surface area contributed by atoms with E-state index in [1.807, 2.05) is 18.2 Å². The Morgan fingerprint density at radius 1 is 1.09 bits per heavy atom. The molecule has 0 fully saturated rings. The lowest BCUT2D eigenvalue weighted by molar-refractivity contribution is -0.121. The highest BCUT2D eigenvalue weighted by molar-refractivity contribution is 5.98. The van der Waals surface area contributed by atoms with E-state index in [4.69, 9.17) is 9.47 Å². The summed E-state index contributed by atoms with van der Waals surface area (Å²) in [7, 11) is 0. The predicted molar refractivity (Wildman–Crippen MR) is 123 cm³/mol. The van der Waals surface area contributed by atoms with E-state index in [9.17, 15) is 9.59 Å². The number of rotatable bonds is 5. The van der Waals surface area contributed by atoms with Gasteiger partial charge < -0.3 is 19.7 Å². The molecular formula is C25H33N3O4. The molecule has 0 spiro atoms. The van der Waals surface area contributed by atoms with Crippen molar-refractivity contribution < 1.29 is 19.1 Å². The molecule has 0 saturated carbocycles. The maximum atomic E-state index is 13.4. The molecule has 0 atom stereocenters. The number of pyridine rings is 1. The minimum atomic E-state index is -0.262. The number of hydrogen-bond acceptors (Lipinski definition) is 5. The first kappa shape index (κ1) is 23.6. The average molecular weight is 440 g/mol. The van der Waals surface area contributed by atoms with Gasteiger partial charge in [-0.15, -0.1) is 0 Å². The molecule has 2 heterocycles. The number of nitrogens with zero attached hydrogens (tertiary/aromatic N) is 2. The SMILES string of the molecule is CC(C)CCNC(=O)CN1CCCCCCOc2ccccc2Oc2ncccc2C1=O. The first-order chi connectivity index (χ1) is 15.5. The lowest BCUT2D eigenvalue weighted by Crippen LogP contribution is -2.41. The van der Waals surface area contributed by atoms with Gasteiger partial charge in [0.25, 0.3) is 5.91 Å². The average Bonchev–Trinajstić information content (AvgIpc) is 2.78. The third-order valence-corrected chi connectivity index (χ3v) is 5.30. The highest BCUT2D eigenvalue weighted by Gasteiger charge is 2.23. The Labute approximate surface area is 190 Å². The van der Waals surface area contributed by atoms with Crippen LogP contribution in [-0.4, -0.2) is 47.9 Å². The van der Waals surface area contributed by atoms with Crippen LogP contribution in [0.25, 0.3) is 0 Å². The molecule has 7 heteroatoms. The summed E-state index contributed by atoms with van der Waals surface area (Å²) < 4.78 is 11.9. The van der Waals surface area contributed by atoms with Gasteiger partial charge in [0, 0.05) is 19.3 Å². The molecule has 0 radical (unpaired) electrons. The molecule has 1 aliphatic heterocycles. The Bertz CT molecular complexity index is 900. The summed E-state index contributed by atoms with van der Waals surface area (Å²) in [6, 6.07) is 10.8. The molecule has 2 amide bonds. The van der Waals surface area contributed by atoms with Crippen LogP contribution in [0.5, 0.6) is 17.4 Å². The number of ether oxygens (including phenoxy) is 2. The molecule has 1 aliphatic rings. The summed E-state index contributed by atoms with van der Waals surface area (Å²) in [6.07, 6.45) is 6.16. The number of benzene rings is 1. The van der Waals surface area contributed by atoms with Crippen molar-refractivity contribution in [1.82, 2.24) is 15.2 Å². The zero-order valence-corrected chi connectivity index (χ0v) is 19.0. The summed E-state index contributed by atoms with van der Waals surface area (Å²) >= 11 is 0. The molecular weight excluding hydrogens is 406 g/mol. The monoisotopic (exact) mass is 439 g/mol. The van der Waals surface area contributed by atoms with Crippen LogP contribution >= 0.6 is 0 Å². The second-order valence-corrected chi connectivity index (χ2v) is 8.43. The fourth-order valence-corrected chi connectivity index (χ4v) is 3.49. The van der Waals surface area contributed by atoms with Crippen LogP contribution in [0, 0.1) is 5.92 Å². The number of carbonyl (C=O) groups is 2. The Hall–Kier alpha value is -3.09. The van der Waals surface area contributed by atoms with Crippen LogP contribution in [0.15, 0.2) is 42.6 Å². The van der Waals surface area contributed by atoms with Gasteiger partial charge in [-0.25, -0.2) is 4.98 Å². The summed E-state index contributed by atoms with van der Waals surface area (Å²) in [5.74, 6) is 1.43. The molecule has 0 unspecified atom stereocenters. The van der Waals surface area contributed by atoms with E-state index in [0.29, 0.717) is 42.7 Å². The quantitative estimate of drug-likeness (QED) is 0.745. The van der Waals surface area contributed by atoms with E-state index in [0.717, 1.165) is 32.1 Å². The number of carbonyl (C=O) groups excluding carboxylic acids is 2. The fourth-order valence-electron chi connectivity index (χ4n) is 3.49. The van der Waals surface area contributed by atoms with Crippen molar-refractivity contribution in [2.45, 2.75) is 46.0 Å². The Kier molecular flexibility index (Phi) is 8.90. The van der Waals surface area contributed by atoms with Gasteiger partial charge in [0.05, 0.1) is 13.2 Å². The van der Waals surface area contributed by atoms with Gasteiger partial charge in [-0.2, -0.15) is 0 Å². The number of para-hydroxylation sites is 2. The topological polar surface area (TPSA) is 80.8 Å². The molecule has 1 aromatic carbocycles. The molecule has 172 valence electrons. The van der Waals surface area contributed by atoms with Crippen LogP contribution in [0.2, 0.25) is 0 Å². The highest BCUT2D eigenvalue weighted by Crippen LogP contribution is 2.32. The van der Waals surface area contributed by atoms with E-state index >= 15 is 0 Å². The highest BCUT2D eigenvalue weighted by atomic mass is 16.5. The predicted octanol–water partition coefficient (Wildman–Crippen LogP) is 4.43. The number of amides is 2. The van der Waals surface area contributed by atoms with Gasteiger partial charge >= 0.3 is 0 Å². The number of aromatic nitrogens is 1. The van der Waals surface area contributed by atoms with Crippen molar-refractivity contribution in [3.05, 3.63) is 48.2 Å². The van der Waals surface area contributed by atoms with Gasteiger partial charge in [-0.1, -0.05) is 38.8 Å². The van der Waals surface area contributed by atoms with Crippen LogP contribution in [0.3, 0.4) is 0 Å². The normalized spacial score (nSPS) is 15.1. The zero-order chi connectivity index (χ0) is 22.8. The lowest BCUT2D eigenvalue weighted by Gasteiger charge is -2.24. The Balaban J connectivity index is 1.82. The molecule has 0 bridgehead atoms. The minimum Gasteiger partial charge on any atom is -0.490 e. The van der Waals surface area contributed by atoms with Gasteiger partial charge in [-0.3, -0.25) is 9.59 Å². The van der Waals surface area contributed by atoms with Crippen LogP contribution in [0.1, 0.15) is 56.3 Å². The first-order valence-electron chi connectivity index (χ1n) is 11.4. The van der Waals surface area contributed by atoms with E-state index in [-0.39, 0.29) is 24.2 Å². The molecule has 2 aromatic rings. The van der Waals surface area contributed by atoms with Crippen molar-refractivity contribution in [1.29, 1.82) is 0 Å². The summed E-state index contributed by atoms with van der Waals surface area (Å²) in [5.41, 5.74) is 0.328. The third kappa shape index (κ3) is 6.97. The van der Waals surface area contributed by atoms with Gasteiger partial charge in [0.15, 0.2) is 11.5 Å². The standard InChI is InChI=1S/C25H33N3O4/c1-19(2)13-15-26-23(29)18-28-16-7-3-4-8-17-31-21-11-5-6-12-22(21)32-24-20(25(28)30)10-9-14-27-24/h5-6,9-12,14,19H,3-4,7-8,13,15-18H2,1-2H3,(H,26,29). The summed E-state index contributed by atoms with van der Waals surface area (Å²) in [4.78, 5) is 31.8. The fraction of sp³-hybridized carbons (Fsp3) is 0.480. The van der Waals surface area contributed by atoms with Crippen LogP contribution in [0.4, 0.5) is 0 Å². The number of hydrogen-bond donors (Lipinski definition) is 1. The largest absolute Gasteiger partial charge is 0.490 e. The number of fused-ring (bicyclic) bond motifs is 2. The van der Waals surface area contributed by atoms with Crippen molar-refractivity contribution in [3.8, 4) is 17.4 Å². The number of nitrogens with one attached hydrogen (secondary N) is 1. The lowest BCUT2D eigenvalue weighted by atomic mass is 10.1. The Morgan fingerprint density at radius 3 is 2.69 bits per heavy atom. The van der Waals surface area contributed by atoms with Crippen molar-refractivity contribution in [2.75, 3.05) is 26.2 Å². The van der Waals surface area contributed by atoms with Gasteiger partial charge in [0.2, 0.25) is 11.8 Å². The van der Waals surface area contributed by atoms with Crippen LogP contribution in [-0.2, 0) is 4.79 Å². The molecule has 7 nitrogen and oxygen atoms in total. The van der Waals surface area contributed by atoms with Crippen molar-refractivity contribution >= 4 is 11.8 Å². The van der Waals surface area contributed by atoms with Crippen molar-refractivity contribution in [3.63, 3.8) is 0 Å². The third-order valence-electron chi connectivity index (χ3n) is 5.30. The maximum absolute atomic E-state index is 13.4. The summed E-state index contributed by atoms with van der Waals surface area (Å²) in [5, 5.41) is 2.93. The molecule has 1 aromatic heterocycles. The first-order valence-corrected chi connectivity index (χ1v) is 11.4. The van der Waals surface area contributed by atoms with Crippen LogP contribution < -0.4 is 14.8 Å². The smallest absolute Gasteiger partial charge is 0.259 e. The molecule has 3 rings (SSSR count). The Morgan fingerprint density at radius 2 is 1.88 bits per heavy atom. The molecule has 0 aliphatic carbocycles. The van der Waals surface area contributed by atoms with Gasteiger partial charge in [-0.05, 0) is 49.4 Å². The maximum Gasteiger partial charge on any atom is 0.259 e. The van der Waals surface area contributed by atoms with E-state index < -0.39 is 0 Å². The van der Waals surface area contributed by atoms with E-state index in [2.05, 4.69) is 24.1 Å². The molecule has 32 heavy (non-hydrogen) atoms. The second-order valence-electron chi connectivity index (χ2n) is 8.43. The van der Waals surface area contributed by atoms with Gasteiger partial charge in [0.1, 0.15) is 5.56 Å². The second kappa shape index (κ2) is 12.1. The molecule has 0 saturated heterocycles. The van der Waals surface area contributed by atoms with Crippen molar-refractivity contribution in [2.24, 2.45) is 5.92 Å². The minimum absolute atomic E-state index is 0.0188. The van der Waals surface area contributed by atoms with E-state index in [1.54, 1.807) is 29.3 Å². The summed E-state index contributed by atoms with van der Waals surface area (Å²) in [6.45, 7) is 5.95. The molecule has 1 N–H and O–H groups in total. The zero-order valence-electron chi connectivity index (χ0n) is 19.0. The van der Waals surface area contributed by atoms with E-state index in [1.165, 1.54) is 0 Å².